The van der Waals surface area contributed by atoms with E-state index in [4.69, 9.17) is 4.74 Å². The molecular weight excluding hydrogens is 330 g/mol. The van der Waals surface area contributed by atoms with Crippen LogP contribution in [0, 0.1) is 0 Å². The number of hydrogen-bond donors (Lipinski definition) is 3. The summed E-state index contributed by atoms with van der Waals surface area (Å²) in [4.78, 5) is 24.1. The fraction of sp³-hybridized carbons (Fsp3) is 0.300. The van der Waals surface area contributed by atoms with Gasteiger partial charge in [-0.2, -0.15) is 0 Å². The minimum absolute atomic E-state index is 0.0700. The molecule has 0 aliphatic carbocycles. The molecule has 2 unspecified atom stereocenters. The zero-order chi connectivity index (χ0) is 18.4. The summed E-state index contributed by atoms with van der Waals surface area (Å²) in [7, 11) is 0. The lowest BCUT2D eigenvalue weighted by Gasteiger charge is -2.17. The van der Waals surface area contributed by atoms with Crippen LogP contribution in [0.15, 0.2) is 54.6 Å². The fourth-order valence-corrected chi connectivity index (χ4v) is 2.84. The first-order valence-corrected chi connectivity index (χ1v) is 8.77. The number of amides is 3. The molecule has 0 aromatic heterocycles. The van der Waals surface area contributed by atoms with Crippen molar-refractivity contribution in [1.82, 2.24) is 5.32 Å². The van der Waals surface area contributed by atoms with Gasteiger partial charge < -0.3 is 20.7 Å². The second kappa shape index (κ2) is 8.49. The predicted molar refractivity (Wildman–Crippen MR) is 101 cm³/mol. The van der Waals surface area contributed by atoms with Crippen molar-refractivity contribution in [2.75, 3.05) is 17.2 Å². The van der Waals surface area contributed by atoms with Gasteiger partial charge in [0.2, 0.25) is 5.91 Å². The Morgan fingerprint density at radius 3 is 2.27 bits per heavy atom. The summed E-state index contributed by atoms with van der Waals surface area (Å²) in [6.07, 6.45) is 1.37. The highest BCUT2D eigenvalue weighted by molar-refractivity contribution is 5.99. The number of carbonyl (C=O) groups excluding carboxylic acids is 2. The van der Waals surface area contributed by atoms with Gasteiger partial charge >= 0.3 is 6.03 Å². The van der Waals surface area contributed by atoms with Crippen LogP contribution in [0.3, 0.4) is 0 Å². The summed E-state index contributed by atoms with van der Waals surface area (Å²) < 4.78 is 5.40. The second-order valence-corrected chi connectivity index (χ2v) is 6.30. The molecule has 3 N–H and O–H groups in total. The Bertz CT molecular complexity index is 741. The van der Waals surface area contributed by atoms with E-state index in [0.29, 0.717) is 12.3 Å². The Morgan fingerprint density at radius 2 is 1.65 bits per heavy atom. The Balaban J connectivity index is 1.52. The monoisotopic (exact) mass is 353 g/mol. The van der Waals surface area contributed by atoms with Gasteiger partial charge in [0.1, 0.15) is 6.10 Å². The summed E-state index contributed by atoms with van der Waals surface area (Å²) in [5.74, 6) is -0.0700. The summed E-state index contributed by atoms with van der Waals surface area (Å²) >= 11 is 0. The third kappa shape index (κ3) is 4.83. The number of hydrogen-bond acceptors (Lipinski definition) is 3. The summed E-state index contributed by atoms with van der Waals surface area (Å²) in [5.41, 5.74) is 2.37. The summed E-state index contributed by atoms with van der Waals surface area (Å²) in [6, 6.07) is 16.2. The van der Waals surface area contributed by atoms with E-state index in [1.54, 1.807) is 0 Å². The molecule has 2 aromatic rings. The Labute approximate surface area is 152 Å². The van der Waals surface area contributed by atoms with Gasteiger partial charge in [-0.25, -0.2) is 4.79 Å². The quantitative estimate of drug-likeness (QED) is 0.767. The molecule has 0 spiro atoms. The number of benzene rings is 2. The van der Waals surface area contributed by atoms with E-state index in [1.165, 1.54) is 0 Å². The maximum absolute atomic E-state index is 12.1. The summed E-state index contributed by atoms with van der Waals surface area (Å²) in [5, 5.41) is 8.52. The highest BCUT2D eigenvalue weighted by Crippen LogP contribution is 2.18. The maximum atomic E-state index is 12.1. The SMILES string of the molecule is CC(NC(=O)C1CCCO1)c1ccc(NC(=O)Nc2ccccc2)cc1. The molecular formula is C20H23N3O3. The van der Waals surface area contributed by atoms with E-state index in [1.807, 2.05) is 61.5 Å². The van der Waals surface area contributed by atoms with Crippen LogP contribution in [0.2, 0.25) is 0 Å². The molecule has 1 saturated heterocycles. The first-order valence-electron chi connectivity index (χ1n) is 8.77. The van der Waals surface area contributed by atoms with E-state index in [2.05, 4.69) is 16.0 Å². The molecule has 0 radical (unpaired) electrons. The first kappa shape index (κ1) is 17.9. The Kier molecular flexibility index (Phi) is 5.86. The van der Waals surface area contributed by atoms with E-state index in [9.17, 15) is 9.59 Å². The standard InChI is InChI=1S/C20H23N3O3/c1-14(21-19(24)18-8-5-13-26-18)15-9-11-17(12-10-15)23-20(25)22-16-6-3-2-4-7-16/h2-4,6-7,9-12,14,18H,5,8,13H2,1H3,(H,21,24)(H2,22,23,25). The van der Waals surface area contributed by atoms with Gasteiger partial charge in [-0.1, -0.05) is 30.3 Å². The van der Waals surface area contributed by atoms with Crippen molar-refractivity contribution in [3.63, 3.8) is 0 Å². The average molecular weight is 353 g/mol. The average Bonchev–Trinajstić information content (AvgIpc) is 3.18. The van der Waals surface area contributed by atoms with Crippen LogP contribution >= 0.6 is 0 Å². The number of ether oxygens (including phenoxy) is 1. The normalized spacial score (nSPS) is 17.3. The molecule has 26 heavy (non-hydrogen) atoms. The van der Waals surface area contributed by atoms with Crippen molar-refractivity contribution < 1.29 is 14.3 Å². The largest absolute Gasteiger partial charge is 0.368 e. The Hall–Kier alpha value is -2.86. The van der Waals surface area contributed by atoms with Gasteiger partial charge in [-0.05, 0) is 49.6 Å². The third-order valence-electron chi connectivity index (χ3n) is 4.28. The zero-order valence-corrected chi connectivity index (χ0v) is 14.7. The third-order valence-corrected chi connectivity index (χ3v) is 4.28. The Morgan fingerprint density at radius 1 is 1.00 bits per heavy atom. The number of urea groups is 1. The number of para-hydroxylation sites is 1. The topological polar surface area (TPSA) is 79.5 Å². The molecule has 2 aromatic carbocycles. The smallest absolute Gasteiger partial charge is 0.323 e. The molecule has 6 heteroatoms. The number of carbonyl (C=O) groups is 2. The molecule has 1 fully saturated rings. The van der Waals surface area contributed by atoms with Gasteiger partial charge in [-0.3, -0.25) is 4.79 Å². The maximum Gasteiger partial charge on any atom is 0.323 e. The molecule has 1 heterocycles. The van der Waals surface area contributed by atoms with Crippen molar-refractivity contribution in [2.45, 2.75) is 31.9 Å². The van der Waals surface area contributed by atoms with Gasteiger partial charge in [0.05, 0.1) is 6.04 Å². The lowest BCUT2D eigenvalue weighted by molar-refractivity contribution is -0.130. The van der Waals surface area contributed by atoms with Gasteiger partial charge in [-0.15, -0.1) is 0 Å². The van der Waals surface area contributed by atoms with Crippen LogP contribution in [0.25, 0.3) is 0 Å². The van der Waals surface area contributed by atoms with Crippen molar-refractivity contribution in [1.29, 1.82) is 0 Å². The van der Waals surface area contributed by atoms with Gasteiger partial charge in [0, 0.05) is 18.0 Å². The number of nitrogens with one attached hydrogen (secondary N) is 3. The van der Waals surface area contributed by atoms with E-state index < -0.39 is 0 Å². The molecule has 2 atom stereocenters. The highest BCUT2D eigenvalue weighted by atomic mass is 16.5. The van der Waals surface area contributed by atoms with Crippen LogP contribution in [-0.2, 0) is 9.53 Å². The first-order chi connectivity index (χ1) is 12.6. The van der Waals surface area contributed by atoms with Gasteiger partial charge in [0.15, 0.2) is 0 Å². The van der Waals surface area contributed by atoms with Crippen LogP contribution in [0.4, 0.5) is 16.2 Å². The molecule has 1 aliphatic rings. The summed E-state index contributed by atoms with van der Waals surface area (Å²) in [6.45, 7) is 2.58. The molecule has 0 bridgehead atoms. The predicted octanol–water partition coefficient (Wildman–Crippen LogP) is 3.69. The molecule has 6 nitrogen and oxygen atoms in total. The molecule has 0 saturated carbocycles. The van der Waals surface area contributed by atoms with E-state index in [-0.39, 0.29) is 24.1 Å². The van der Waals surface area contributed by atoms with Crippen molar-refractivity contribution in [3.05, 3.63) is 60.2 Å². The molecule has 3 rings (SSSR count). The minimum atomic E-state index is -0.333. The lowest BCUT2D eigenvalue weighted by atomic mass is 10.1. The zero-order valence-electron chi connectivity index (χ0n) is 14.7. The van der Waals surface area contributed by atoms with Crippen LogP contribution in [-0.4, -0.2) is 24.6 Å². The van der Waals surface area contributed by atoms with Crippen LogP contribution in [0.1, 0.15) is 31.4 Å². The fourth-order valence-electron chi connectivity index (χ4n) is 2.84. The lowest BCUT2D eigenvalue weighted by Crippen LogP contribution is -2.35. The van der Waals surface area contributed by atoms with Crippen LogP contribution in [0.5, 0.6) is 0 Å². The van der Waals surface area contributed by atoms with E-state index >= 15 is 0 Å². The highest BCUT2D eigenvalue weighted by Gasteiger charge is 2.24. The number of anilines is 2. The second-order valence-electron chi connectivity index (χ2n) is 6.30. The van der Waals surface area contributed by atoms with Crippen LogP contribution < -0.4 is 16.0 Å². The number of rotatable bonds is 5. The van der Waals surface area contributed by atoms with E-state index in [0.717, 1.165) is 24.1 Å². The van der Waals surface area contributed by atoms with Crippen molar-refractivity contribution >= 4 is 23.3 Å². The molecule has 1 aliphatic heterocycles. The molecule has 3 amide bonds. The van der Waals surface area contributed by atoms with Crippen molar-refractivity contribution in [3.8, 4) is 0 Å². The van der Waals surface area contributed by atoms with Crippen molar-refractivity contribution in [2.24, 2.45) is 0 Å². The minimum Gasteiger partial charge on any atom is -0.368 e. The molecule has 136 valence electrons. The van der Waals surface area contributed by atoms with Gasteiger partial charge in [0.25, 0.3) is 0 Å².